The number of amidine groups is 1. The van der Waals surface area contributed by atoms with Gasteiger partial charge in [0, 0.05) is 11.8 Å². The van der Waals surface area contributed by atoms with E-state index >= 15 is 0 Å². The van der Waals surface area contributed by atoms with Gasteiger partial charge in [0.2, 0.25) is 0 Å². The van der Waals surface area contributed by atoms with Crippen molar-refractivity contribution in [1.82, 2.24) is 0 Å². The van der Waals surface area contributed by atoms with Gasteiger partial charge in [-0.15, -0.1) is 0 Å². The smallest absolute Gasteiger partial charge is 0.0959 e. The summed E-state index contributed by atoms with van der Waals surface area (Å²) in [5.74, 6) is 0.0741. The van der Waals surface area contributed by atoms with Crippen LogP contribution in [0.3, 0.4) is 0 Å². The molecule has 0 fully saturated rings. The molecule has 0 rings (SSSR count). The fraction of sp³-hybridized carbons (Fsp3) is 0.333. The van der Waals surface area contributed by atoms with Crippen LogP contribution in [0.4, 0.5) is 0 Å². The third-order valence-corrected chi connectivity index (χ3v) is 0.407. The van der Waals surface area contributed by atoms with Crippen LogP contribution in [-0.2, 0) is 0 Å². The quantitative estimate of drug-likeness (QED) is 0.296. The Morgan fingerprint density at radius 2 is 2.50 bits per heavy atom. The molecule has 0 saturated carbocycles. The second-order valence-electron chi connectivity index (χ2n) is 0.846. The molecule has 33 valence electrons. The van der Waals surface area contributed by atoms with Crippen molar-refractivity contribution in [2.24, 2.45) is 5.73 Å². The summed E-state index contributed by atoms with van der Waals surface area (Å²) in [6.07, 6.45) is 0.301. The zero-order valence-electron chi connectivity index (χ0n) is 3.19. The number of rotatable bonds is 2. The Morgan fingerprint density at radius 1 is 2.00 bits per heavy atom. The minimum Gasteiger partial charge on any atom is -0.387 e. The van der Waals surface area contributed by atoms with Gasteiger partial charge in [-0.25, -0.2) is 0 Å². The third kappa shape index (κ3) is 3.56. The fourth-order valence-corrected chi connectivity index (χ4v) is 0.233. The molecule has 0 unspecified atom stereocenters. The lowest BCUT2D eigenvalue weighted by molar-refractivity contribution is 1.38. The molecule has 0 saturated heterocycles. The third-order valence-electron chi connectivity index (χ3n) is 0.263. The average molecular weight is 101 g/mol. The monoisotopic (exact) mass is 101 g/mol. The van der Waals surface area contributed by atoms with Crippen molar-refractivity contribution in [3.63, 3.8) is 0 Å². The Balaban J connectivity index is 3.05. The first kappa shape index (κ1) is 5.56. The molecule has 0 aromatic carbocycles. The molecule has 0 heterocycles. The summed E-state index contributed by atoms with van der Waals surface area (Å²) in [5.41, 5.74) is 4.86. The van der Waals surface area contributed by atoms with E-state index in [4.69, 9.17) is 11.1 Å². The lowest BCUT2D eigenvalue weighted by Gasteiger charge is -1.79. The fourth-order valence-electron chi connectivity index (χ4n) is 0.0778. The molecule has 0 aromatic heterocycles. The van der Waals surface area contributed by atoms with E-state index in [9.17, 15) is 0 Å². The molecule has 0 spiro atoms. The predicted octanol–water partition coefficient (Wildman–Crippen LogP) is 0.189. The Labute approximate surface area is 41.9 Å². The van der Waals surface area contributed by atoms with Gasteiger partial charge in [0.1, 0.15) is 0 Å². The predicted molar refractivity (Wildman–Crippen MR) is 29.1 cm³/mol. The van der Waals surface area contributed by atoms with Crippen molar-refractivity contribution in [2.75, 3.05) is 0 Å². The molecule has 0 atom stereocenters. The molecule has 0 aliphatic rings. The van der Waals surface area contributed by atoms with E-state index < -0.39 is 0 Å². The first-order valence-electron chi connectivity index (χ1n) is 1.45. The SMILES string of the molecule is N=C(N)C[C]=S. The molecule has 3 heteroatoms. The van der Waals surface area contributed by atoms with E-state index in [1.54, 1.807) is 0 Å². The Bertz CT molecular complexity index is 69.2. The maximum atomic E-state index is 6.54. The van der Waals surface area contributed by atoms with Gasteiger partial charge >= 0.3 is 0 Å². The summed E-state index contributed by atoms with van der Waals surface area (Å²) in [5, 5.41) is 8.84. The van der Waals surface area contributed by atoms with E-state index in [0.717, 1.165) is 0 Å². The Kier molecular flexibility index (Phi) is 2.58. The van der Waals surface area contributed by atoms with Crippen LogP contribution >= 0.6 is 12.2 Å². The van der Waals surface area contributed by atoms with Crippen molar-refractivity contribution < 1.29 is 0 Å². The second-order valence-corrected chi connectivity index (χ2v) is 1.14. The molecule has 0 aliphatic heterocycles. The van der Waals surface area contributed by atoms with Crippen molar-refractivity contribution in [2.45, 2.75) is 6.42 Å². The first-order valence-corrected chi connectivity index (χ1v) is 1.86. The van der Waals surface area contributed by atoms with Crippen LogP contribution in [0, 0.1) is 5.41 Å². The second kappa shape index (κ2) is 2.78. The van der Waals surface area contributed by atoms with Gasteiger partial charge in [0.25, 0.3) is 0 Å². The van der Waals surface area contributed by atoms with Crippen LogP contribution in [0.1, 0.15) is 6.42 Å². The number of hydrogen-bond acceptors (Lipinski definition) is 2. The normalized spacial score (nSPS) is 7.33. The summed E-state index contributed by atoms with van der Waals surface area (Å²) in [6, 6.07) is 0. The number of thiocarbonyl (C=S) groups is 1. The molecule has 2 nitrogen and oxygen atoms in total. The van der Waals surface area contributed by atoms with E-state index in [1.807, 2.05) is 0 Å². The molecule has 0 aliphatic carbocycles. The lowest BCUT2D eigenvalue weighted by Crippen LogP contribution is -2.08. The van der Waals surface area contributed by atoms with Crippen molar-refractivity contribution in [1.29, 1.82) is 5.41 Å². The zero-order chi connectivity index (χ0) is 4.99. The van der Waals surface area contributed by atoms with Crippen LogP contribution < -0.4 is 5.73 Å². The number of hydrogen-bond donors (Lipinski definition) is 2. The average Bonchev–Trinajstić information content (AvgIpc) is 1.35. The maximum absolute atomic E-state index is 6.54. The standard InChI is InChI=1S/C3H5N2S/c4-3(5)1-2-6/h1H2,(H3,4,5). The molecule has 3 N–H and O–H groups in total. The zero-order valence-corrected chi connectivity index (χ0v) is 4.01. The molecular formula is C3H5N2S. The van der Waals surface area contributed by atoms with Crippen LogP contribution in [0.25, 0.3) is 0 Å². The summed E-state index contributed by atoms with van der Waals surface area (Å²) >= 11 is 4.26. The van der Waals surface area contributed by atoms with E-state index in [1.165, 1.54) is 0 Å². The Morgan fingerprint density at radius 3 is 2.50 bits per heavy atom. The van der Waals surface area contributed by atoms with Crippen LogP contribution in [0.2, 0.25) is 0 Å². The molecule has 0 amide bonds. The highest BCUT2D eigenvalue weighted by Crippen LogP contribution is 1.65. The van der Waals surface area contributed by atoms with Gasteiger partial charge < -0.3 is 5.73 Å². The highest BCUT2D eigenvalue weighted by atomic mass is 32.1. The van der Waals surface area contributed by atoms with Crippen molar-refractivity contribution in [3.05, 3.63) is 0 Å². The van der Waals surface area contributed by atoms with Crippen molar-refractivity contribution >= 4 is 23.4 Å². The largest absolute Gasteiger partial charge is 0.387 e. The van der Waals surface area contributed by atoms with Crippen LogP contribution in [-0.4, -0.2) is 11.2 Å². The molecular weight excluding hydrogens is 96.1 g/mol. The summed E-state index contributed by atoms with van der Waals surface area (Å²) in [4.78, 5) is 0. The van der Waals surface area contributed by atoms with Gasteiger partial charge in [-0.2, -0.15) is 0 Å². The minimum atomic E-state index is 0.0741. The molecule has 0 aromatic rings. The van der Waals surface area contributed by atoms with Gasteiger partial charge in [0.05, 0.1) is 5.84 Å². The van der Waals surface area contributed by atoms with Gasteiger partial charge in [0.15, 0.2) is 0 Å². The molecule has 6 heavy (non-hydrogen) atoms. The van der Waals surface area contributed by atoms with Crippen LogP contribution in [0.15, 0.2) is 0 Å². The first-order chi connectivity index (χ1) is 2.77. The van der Waals surface area contributed by atoms with Gasteiger partial charge in [-0.1, -0.05) is 12.2 Å². The highest BCUT2D eigenvalue weighted by molar-refractivity contribution is 7.79. The molecule has 0 bridgehead atoms. The minimum absolute atomic E-state index is 0.0741. The van der Waals surface area contributed by atoms with E-state index in [2.05, 4.69) is 17.6 Å². The lowest BCUT2D eigenvalue weighted by atomic mass is 10.5. The maximum Gasteiger partial charge on any atom is 0.0959 e. The van der Waals surface area contributed by atoms with E-state index in [-0.39, 0.29) is 5.84 Å². The highest BCUT2D eigenvalue weighted by Gasteiger charge is 1.77. The van der Waals surface area contributed by atoms with Crippen LogP contribution in [0.5, 0.6) is 0 Å². The Hall–Kier alpha value is -0.440. The topological polar surface area (TPSA) is 49.9 Å². The summed E-state index contributed by atoms with van der Waals surface area (Å²) < 4.78 is 0. The van der Waals surface area contributed by atoms with Gasteiger partial charge in [-0.05, 0) is 0 Å². The number of nitrogens with one attached hydrogen (secondary N) is 1. The summed E-state index contributed by atoms with van der Waals surface area (Å²) in [7, 11) is 0. The van der Waals surface area contributed by atoms with Crippen molar-refractivity contribution in [3.8, 4) is 0 Å². The molecule has 1 radical (unpaired) electrons. The van der Waals surface area contributed by atoms with Gasteiger partial charge in [-0.3, -0.25) is 5.41 Å². The summed E-state index contributed by atoms with van der Waals surface area (Å²) in [6.45, 7) is 0. The number of nitrogens with two attached hydrogens (primary N) is 1. The van der Waals surface area contributed by atoms with E-state index in [0.29, 0.717) is 6.42 Å².